The number of nitrogens with zero attached hydrogens (tertiary/aromatic N) is 2. The SMILES string of the molecule is CCN=C1SC(=Cc2cc3c(cc2OCC)OCO3)C(=O)N1CC. The van der Waals surface area contributed by atoms with Crippen LogP contribution >= 0.6 is 11.8 Å². The maximum absolute atomic E-state index is 12.6. The molecule has 1 fully saturated rings. The largest absolute Gasteiger partial charge is 0.493 e. The van der Waals surface area contributed by atoms with E-state index in [9.17, 15) is 4.79 Å². The first kappa shape index (κ1) is 16.7. The minimum atomic E-state index is -0.0326. The van der Waals surface area contributed by atoms with Gasteiger partial charge in [-0.2, -0.15) is 0 Å². The topological polar surface area (TPSA) is 60.4 Å². The van der Waals surface area contributed by atoms with Crippen molar-refractivity contribution in [3.8, 4) is 17.2 Å². The van der Waals surface area contributed by atoms with Crippen molar-refractivity contribution >= 4 is 28.9 Å². The van der Waals surface area contributed by atoms with Crippen molar-refractivity contribution in [1.29, 1.82) is 0 Å². The van der Waals surface area contributed by atoms with Crippen LogP contribution in [0.1, 0.15) is 26.3 Å². The molecule has 0 spiro atoms. The van der Waals surface area contributed by atoms with Gasteiger partial charge in [0.2, 0.25) is 6.79 Å². The summed E-state index contributed by atoms with van der Waals surface area (Å²) in [6.07, 6.45) is 1.83. The molecule has 2 aliphatic rings. The predicted molar refractivity (Wildman–Crippen MR) is 94.7 cm³/mol. The van der Waals surface area contributed by atoms with Gasteiger partial charge in [-0.1, -0.05) is 0 Å². The fourth-order valence-electron chi connectivity index (χ4n) is 2.51. The van der Waals surface area contributed by atoms with Gasteiger partial charge < -0.3 is 14.2 Å². The van der Waals surface area contributed by atoms with Crippen LogP contribution in [0.3, 0.4) is 0 Å². The number of hydrogen-bond acceptors (Lipinski definition) is 6. The van der Waals surface area contributed by atoms with E-state index < -0.39 is 0 Å². The lowest BCUT2D eigenvalue weighted by atomic mass is 10.1. The third kappa shape index (κ3) is 3.08. The molecule has 0 aromatic heterocycles. The molecule has 0 bridgehead atoms. The van der Waals surface area contributed by atoms with Gasteiger partial charge in [-0.25, -0.2) is 0 Å². The molecule has 128 valence electrons. The van der Waals surface area contributed by atoms with Crippen LogP contribution in [0.15, 0.2) is 22.0 Å². The van der Waals surface area contributed by atoms with E-state index in [2.05, 4.69) is 4.99 Å². The molecule has 0 unspecified atom stereocenters. The lowest BCUT2D eigenvalue weighted by molar-refractivity contribution is -0.122. The Morgan fingerprint density at radius 2 is 2.04 bits per heavy atom. The van der Waals surface area contributed by atoms with Gasteiger partial charge in [0.15, 0.2) is 16.7 Å². The number of thioether (sulfide) groups is 1. The number of aliphatic imine (C=N–C) groups is 1. The van der Waals surface area contributed by atoms with Gasteiger partial charge in [-0.15, -0.1) is 0 Å². The smallest absolute Gasteiger partial charge is 0.266 e. The number of rotatable bonds is 5. The third-order valence-corrected chi connectivity index (χ3v) is 4.63. The van der Waals surface area contributed by atoms with Gasteiger partial charge >= 0.3 is 0 Å². The number of amides is 1. The average Bonchev–Trinajstić information content (AvgIpc) is 3.13. The highest BCUT2D eigenvalue weighted by Gasteiger charge is 2.32. The van der Waals surface area contributed by atoms with Crippen LogP contribution in [0, 0.1) is 0 Å². The van der Waals surface area contributed by atoms with E-state index in [0.717, 1.165) is 10.7 Å². The molecule has 7 heteroatoms. The lowest BCUT2D eigenvalue weighted by Crippen LogP contribution is -2.28. The lowest BCUT2D eigenvalue weighted by Gasteiger charge is -2.11. The molecule has 2 aliphatic heterocycles. The number of carbonyl (C=O) groups excluding carboxylic acids is 1. The van der Waals surface area contributed by atoms with Crippen LogP contribution in [-0.4, -0.2) is 42.5 Å². The highest BCUT2D eigenvalue weighted by Crippen LogP contribution is 2.41. The first-order valence-electron chi connectivity index (χ1n) is 8.00. The van der Waals surface area contributed by atoms with Gasteiger partial charge in [0.05, 0.1) is 11.5 Å². The molecule has 1 amide bonds. The Kier molecular flexibility index (Phi) is 4.99. The van der Waals surface area contributed by atoms with E-state index in [4.69, 9.17) is 14.2 Å². The van der Waals surface area contributed by atoms with E-state index in [1.807, 2.05) is 32.9 Å². The fraction of sp³-hybridized carbons (Fsp3) is 0.412. The van der Waals surface area contributed by atoms with Crippen molar-refractivity contribution in [3.63, 3.8) is 0 Å². The van der Waals surface area contributed by atoms with Crippen LogP contribution in [0.25, 0.3) is 6.08 Å². The van der Waals surface area contributed by atoms with E-state index >= 15 is 0 Å². The van der Waals surface area contributed by atoms with Crippen LogP contribution in [-0.2, 0) is 4.79 Å². The molecule has 6 nitrogen and oxygen atoms in total. The number of fused-ring (bicyclic) bond motifs is 1. The maximum atomic E-state index is 12.6. The summed E-state index contributed by atoms with van der Waals surface area (Å²) >= 11 is 1.39. The van der Waals surface area contributed by atoms with Crippen LogP contribution in [0.4, 0.5) is 0 Å². The van der Waals surface area contributed by atoms with Crippen molar-refractivity contribution < 1.29 is 19.0 Å². The summed E-state index contributed by atoms with van der Waals surface area (Å²) in [6.45, 7) is 7.79. The summed E-state index contributed by atoms with van der Waals surface area (Å²) < 4.78 is 16.5. The molecular weight excluding hydrogens is 328 g/mol. The second-order valence-electron chi connectivity index (χ2n) is 5.09. The zero-order valence-electron chi connectivity index (χ0n) is 14.0. The predicted octanol–water partition coefficient (Wildman–Crippen LogP) is 3.13. The van der Waals surface area contributed by atoms with Crippen molar-refractivity contribution in [2.24, 2.45) is 4.99 Å². The van der Waals surface area contributed by atoms with E-state index in [1.54, 1.807) is 11.0 Å². The molecule has 0 aliphatic carbocycles. The van der Waals surface area contributed by atoms with E-state index in [-0.39, 0.29) is 12.7 Å². The number of likely N-dealkylation sites (N-methyl/N-ethyl adjacent to an activating group) is 1. The van der Waals surface area contributed by atoms with Crippen molar-refractivity contribution in [2.75, 3.05) is 26.5 Å². The molecule has 0 saturated carbocycles. The molecule has 1 saturated heterocycles. The van der Waals surface area contributed by atoms with Gasteiger partial charge in [-0.05, 0) is 44.7 Å². The Morgan fingerprint density at radius 1 is 1.29 bits per heavy atom. The second-order valence-corrected chi connectivity index (χ2v) is 6.10. The zero-order valence-corrected chi connectivity index (χ0v) is 14.8. The Hall–Kier alpha value is -2.15. The standard InChI is InChI=1S/C17H20N2O4S/c1-4-18-17-19(5-2)16(20)15(24-17)8-11-7-13-14(23-10-22-13)9-12(11)21-6-3/h7-9H,4-6,10H2,1-3H3. The quantitative estimate of drug-likeness (QED) is 0.765. The molecular formula is C17H20N2O4S. The summed E-state index contributed by atoms with van der Waals surface area (Å²) in [6, 6.07) is 3.65. The normalized spacial score (nSPS) is 19.6. The van der Waals surface area contributed by atoms with E-state index in [0.29, 0.717) is 41.9 Å². The van der Waals surface area contributed by atoms with Gasteiger partial charge in [0.25, 0.3) is 5.91 Å². The van der Waals surface area contributed by atoms with Crippen molar-refractivity contribution in [1.82, 2.24) is 4.90 Å². The zero-order chi connectivity index (χ0) is 17.1. The molecule has 0 atom stereocenters. The number of amidine groups is 1. The highest BCUT2D eigenvalue weighted by atomic mass is 32.2. The second kappa shape index (κ2) is 7.17. The maximum Gasteiger partial charge on any atom is 0.266 e. The van der Waals surface area contributed by atoms with Crippen LogP contribution in [0.5, 0.6) is 17.2 Å². The number of benzene rings is 1. The molecule has 3 rings (SSSR count). The Bertz CT molecular complexity index is 715. The summed E-state index contributed by atoms with van der Waals surface area (Å²) in [5, 5.41) is 0.745. The van der Waals surface area contributed by atoms with Crippen LogP contribution < -0.4 is 14.2 Å². The monoisotopic (exact) mass is 348 g/mol. The highest BCUT2D eigenvalue weighted by molar-refractivity contribution is 8.18. The Balaban J connectivity index is 1.99. The molecule has 1 aromatic rings. The van der Waals surface area contributed by atoms with Gasteiger partial charge in [0.1, 0.15) is 5.75 Å². The summed E-state index contributed by atoms with van der Waals surface area (Å²) in [5.74, 6) is 1.96. The first-order chi connectivity index (χ1) is 11.7. The van der Waals surface area contributed by atoms with E-state index in [1.165, 1.54) is 11.8 Å². The first-order valence-corrected chi connectivity index (χ1v) is 8.81. The summed E-state index contributed by atoms with van der Waals surface area (Å²) in [7, 11) is 0. The number of ether oxygens (including phenoxy) is 3. The number of hydrogen-bond donors (Lipinski definition) is 0. The molecule has 1 aromatic carbocycles. The minimum Gasteiger partial charge on any atom is -0.493 e. The molecule has 0 N–H and O–H groups in total. The average molecular weight is 348 g/mol. The minimum absolute atomic E-state index is 0.0326. The molecule has 0 radical (unpaired) electrons. The number of carbonyl (C=O) groups is 1. The van der Waals surface area contributed by atoms with Crippen molar-refractivity contribution in [3.05, 3.63) is 22.6 Å². The fourth-order valence-corrected chi connectivity index (χ4v) is 3.61. The third-order valence-electron chi connectivity index (χ3n) is 3.59. The molecule has 24 heavy (non-hydrogen) atoms. The summed E-state index contributed by atoms with van der Waals surface area (Å²) in [5.41, 5.74) is 0.797. The Morgan fingerprint density at radius 3 is 2.71 bits per heavy atom. The molecule has 2 heterocycles. The van der Waals surface area contributed by atoms with Gasteiger partial charge in [-0.3, -0.25) is 14.7 Å². The summed E-state index contributed by atoms with van der Waals surface area (Å²) in [4.78, 5) is 19.3. The van der Waals surface area contributed by atoms with Crippen molar-refractivity contribution in [2.45, 2.75) is 20.8 Å². The Labute approximate surface area is 145 Å². The van der Waals surface area contributed by atoms with Gasteiger partial charge in [0, 0.05) is 24.7 Å². The van der Waals surface area contributed by atoms with Crippen LogP contribution in [0.2, 0.25) is 0 Å².